The van der Waals surface area contributed by atoms with Gasteiger partial charge in [0.25, 0.3) is 0 Å². The molecule has 1 heterocycles. The van der Waals surface area contributed by atoms with Gasteiger partial charge in [0.1, 0.15) is 0 Å². The van der Waals surface area contributed by atoms with E-state index in [0.29, 0.717) is 11.8 Å². The van der Waals surface area contributed by atoms with Crippen molar-refractivity contribution in [3.05, 3.63) is 11.7 Å². The second-order valence-corrected chi connectivity index (χ2v) is 5.04. The molecule has 1 aromatic rings. The molecule has 0 aromatic carbocycles. The van der Waals surface area contributed by atoms with Gasteiger partial charge in [-0.15, -0.1) is 0 Å². The third-order valence-corrected chi connectivity index (χ3v) is 3.73. The first-order valence-corrected chi connectivity index (χ1v) is 6.82. The molecule has 17 heavy (non-hydrogen) atoms. The van der Waals surface area contributed by atoms with Crippen molar-refractivity contribution < 1.29 is 4.52 Å². The molecule has 1 aromatic heterocycles. The smallest absolute Gasteiger partial charge is 0.243 e. The van der Waals surface area contributed by atoms with E-state index in [1.165, 1.54) is 44.9 Å². The molecule has 0 bridgehead atoms. The lowest BCUT2D eigenvalue weighted by atomic mass is 9.91. The molecule has 2 rings (SSSR count). The van der Waals surface area contributed by atoms with Crippen molar-refractivity contribution in [2.75, 3.05) is 7.05 Å². The molecule has 4 heteroatoms. The lowest BCUT2D eigenvalue weighted by molar-refractivity contribution is 0.337. The predicted octanol–water partition coefficient (Wildman–Crippen LogP) is 3.18. The quantitative estimate of drug-likeness (QED) is 0.877. The Morgan fingerprint density at radius 1 is 1.18 bits per heavy atom. The molecule has 1 saturated carbocycles. The Hall–Kier alpha value is -0.900. The minimum atomic E-state index is 0.143. The second kappa shape index (κ2) is 6.15. The van der Waals surface area contributed by atoms with E-state index in [9.17, 15) is 0 Å². The van der Waals surface area contributed by atoms with Crippen molar-refractivity contribution in [2.45, 2.75) is 63.8 Å². The summed E-state index contributed by atoms with van der Waals surface area (Å²) in [5.41, 5.74) is 0. The topological polar surface area (TPSA) is 51.0 Å². The van der Waals surface area contributed by atoms with E-state index in [0.717, 1.165) is 5.82 Å². The van der Waals surface area contributed by atoms with Crippen LogP contribution in [0.5, 0.6) is 0 Å². The monoisotopic (exact) mass is 237 g/mol. The van der Waals surface area contributed by atoms with Crippen LogP contribution in [0.4, 0.5) is 0 Å². The minimum Gasteiger partial charge on any atom is -0.338 e. The van der Waals surface area contributed by atoms with Gasteiger partial charge in [0.15, 0.2) is 5.82 Å². The highest BCUT2D eigenvalue weighted by Gasteiger charge is 2.20. The maximum absolute atomic E-state index is 5.32. The number of nitrogens with one attached hydrogen (secondary N) is 1. The third kappa shape index (κ3) is 3.28. The largest absolute Gasteiger partial charge is 0.338 e. The van der Waals surface area contributed by atoms with Gasteiger partial charge in [0.05, 0.1) is 6.04 Å². The number of hydrogen-bond acceptors (Lipinski definition) is 4. The summed E-state index contributed by atoms with van der Waals surface area (Å²) in [4.78, 5) is 4.54. The number of rotatable bonds is 3. The lowest BCUT2D eigenvalue weighted by Crippen LogP contribution is -2.13. The molecular formula is C13H23N3O. The SMILES string of the molecule is CNC(C)c1nc(C2CCCCCCC2)no1. The van der Waals surface area contributed by atoms with Gasteiger partial charge in [-0.3, -0.25) is 0 Å². The Kier molecular flexibility index (Phi) is 4.54. The normalized spacial score (nSPS) is 20.8. The van der Waals surface area contributed by atoms with Crippen LogP contribution in [-0.4, -0.2) is 17.2 Å². The fourth-order valence-corrected chi connectivity index (χ4v) is 2.43. The Bertz CT molecular complexity index is 329. The zero-order valence-corrected chi connectivity index (χ0v) is 10.9. The molecule has 0 spiro atoms. The summed E-state index contributed by atoms with van der Waals surface area (Å²) in [5.74, 6) is 2.14. The first kappa shape index (κ1) is 12.6. The zero-order valence-electron chi connectivity index (χ0n) is 10.9. The van der Waals surface area contributed by atoms with E-state index in [1.54, 1.807) is 0 Å². The summed E-state index contributed by atoms with van der Waals surface area (Å²) in [6, 6.07) is 0.143. The van der Waals surface area contributed by atoms with Gasteiger partial charge < -0.3 is 9.84 Å². The summed E-state index contributed by atoms with van der Waals surface area (Å²) in [7, 11) is 1.91. The highest BCUT2D eigenvalue weighted by molar-refractivity contribution is 4.98. The van der Waals surface area contributed by atoms with Crippen LogP contribution in [0.2, 0.25) is 0 Å². The highest BCUT2D eigenvalue weighted by atomic mass is 16.5. The molecular weight excluding hydrogens is 214 g/mol. The first-order valence-electron chi connectivity index (χ1n) is 6.82. The standard InChI is InChI=1S/C13H23N3O/c1-10(14-2)13-15-12(16-17-13)11-8-6-4-3-5-7-9-11/h10-11,14H,3-9H2,1-2H3. The van der Waals surface area contributed by atoms with Crippen LogP contribution in [0.3, 0.4) is 0 Å². The molecule has 4 nitrogen and oxygen atoms in total. The van der Waals surface area contributed by atoms with E-state index in [1.807, 2.05) is 14.0 Å². The van der Waals surface area contributed by atoms with Crippen molar-refractivity contribution in [3.8, 4) is 0 Å². The Morgan fingerprint density at radius 2 is 1.82 bits per heavy atom. The van der Waals surface area contributed by atoms with Crippen LogP contribution in [0, 0.1) is 0 Å². The zero-order chi connectivity index (χ0) is 12.1. The summed E-state index contributed by atoms with van der Waals surface area (Å²) >= 11 is 0. The van der Waals surface area contributed by atoms with Crippen molar-refractivity contribution in [1.82, 2.24) is 15.5 Å². The third-order valence-electron chi connectivity index (χ3n) is 3.73. The van der Waals surface area contributed by atoms with E-state index in [-0.39, 0.29) is 6.04 Å². The molecule has 96 valence electrons. The Morgan fingerprint density at radius 3 is 2.47 bits per heavy atom. The van der Waals surface area contributed by atoms with E-state index < -0.39 is 0 Å². The van der Waals surface area contributed by atoms with Gasteiger partial charge in [-0.1, -0.05) is 37.3 Å². The van der Waals surface area contributed by atoms with Crippen LogP contribution in [0.1, 0.15) is 75.5 Å². The molecule has 0 saturated heterocycles. The van der Waals surface area contributed by atoms with Gasteiger partial charge in [-0.2, -0.15) is 4.98 Å². The van der Waals surface area contributed by atoms with Gasteiger partial charge in [-0.05, 0) is 26.8 Å². The molecule has 0 aliphatic heterocycles. The molecule has 1 fully saturated rings. The molecule has 1 aliphatic carbocycles. The molecule has 1 N–H and O–H groups in total. The van der Waals surface area contributed by atoms with Crippen LogP contribution in [0.15, 0.2) is 4.52 Å². The highest BCUT2D eigenvalue weighted by Crippen LogP contribution is 2.29. The van der Waals surface area contributed by atoms with Crippen LogP contribution in [-0.2, 0) is 0 Å². The number of hydrogen-bond donors (Lipinski definition) is 1. The second-order valence-electron chi connectivity index (χ2n) is 5.04. The Balaban J connectivity index is 2.01. The summed E-state index contributed by atoms with van der Waals surface area (Å²) in [6.07, 6.45) is 9.13. The molecule has 0 radical (unpaired) electrons. The number of nitrogens with zero attached hydrogens (tertiary/aromatic N) is 2. The fraction of sp³-hybridized carbons (Fsp3) is 0.846. The first-order chi connectivity index (χ1) is 8.31. The fourth-order valence-electron chi connectivity index (χ4n) is 2.43. The summed E-state index contributed by atoms with van der Waals surface area (Å²) in [5, 5.41) is 7.28. The van der Waals surface area contributed by atoms with Crippen molar-refractivity contribution in [3.63, 3.8) is 0 Å². The maximum Gasteiger partial charge on any atom is 0.243 e. The lowest BCUT2D eigenvalue weighted by Gasteiger charge is -2.15. The van der Waals surface area contributed by atoms with Crippen molar-refractivity contribution >= 4 is 0 Å². The van der Waals surface area contributed by atoms with Crippen LogP contribution < -0.4 is 5.32 Å². The van der Waals surface area contributed by atoms with E-state index in [4.69, 9.17) is 4.52 Å². The minimum absolute atomic E-state index is 0.143. The molecule has 1 atom stereocenters. The average molecular weight is 237 g/mol. The predicted molar refractivity (Wildman–Crippen MR) is 66.8 cm³/mol. The van der Waals surface area contributed by atoms with Gasteiger partial charge in [0, 0.05) is 5.92 Å². The maximum atomic E-state index is 5.32. The molecule has 0 amide bonds. The molecule has 1 unspecified atom stereocenters. The van der Waals surface area contributed by atoms with E-state index in [2.05, 4.69) is 15.5 Å². The van der Waals surface area contributed by atoms with E-state index >= 15 is 0 Å². The summed E-state index contributed by atoms with van der Waals surface area (Å²) in [6.45, 7) is 2.04. The van der Waals surface area contributed by atoms with Gasteiger partial charge in [-0.25, -0.2) is 0 Å². The number of aromatic nitrogens is 2. The van der Waals surface area contributed by atoms with Crippen LogP contribution >= 0.6 is 0 Å². The van der Waals surface area contributed by atoms with Crippen molar-refractivity contribution in [1.29, 1.82) is 0 Å². The van der Waals surface area contributed by atoms with Gasteiger partial charge in [0.2, 0.25) is 5.89 Å². The molecule has 1 aliphatic rings. The van der Waals surface area contributed by atoms with Crippen molar-refractivity contribution in [2.24, 2.45) is 0 Å². The average Bonchev–Trinajstić information content (AvgIpc) is 2.77. The Labute approximate surface area is 103 Å². The van der Waals surface area contributed by atoms with Crippen LogP contribution in [0.25, 0.3) is 0 Å². The van der Waals surface area contributed by atoms with Gasteiger partial charge >= 0.3 is 0 Å². The summed E-state index contributed by atoms with van der Waals surface area (Å²) < 4.78 is 5.32.